The molecule has 0 saturated carbocycles. The van der Waals surface area contributed by atoms with Crippen molar-refractivity contribution in [2.75, 3.05) is 5.32 Å². The quantitative estimate of drug-likeness (QED) is 0.306. The van der Waals surface area contributed by atoms with Crippen LogP contribution in [0.15, 0.2) is 52.9 Å². The van der Waals surface area contributed by atoms with E-state index in [1.54, 1.807) is 36.4 Å². The van der Waals surface area contributed by atoms with Crippen molar-refractivity contribution in [2.24, 2.45) is 0 Å². The van der Waals surface area contributed by atoms with Crippen LogP contribution in [0.2, 0.25) is 5.02 Å². The summed E-state index contributed by atoms with van der Waals surface area (Å²) in [6.07, 6.45) is 2.22. The number of carbonyl (C=O) groups excluding carboxylic acids is 1. The van der Waals surface area contributed by atoms with Crippen molar-refractivity contribution >= 4 is 46.2 Å². The molecule has 3 aromatic heterocycles. The van der Waals surface area contributed by atoms with Gasteiger partial charge in [-0.15, -0.1) is 17.9 Å². The first-order valence-corrected chi connectivity index (χ1v) is 10.4. The molecule has 152 valence electrons. The zero-order chi connectivity index (χ0) is 21.1. The van der Waals surface area contributed by atoms with Gasteiger partial charge in [0.2, 0.25) is 0 Å². The molecule has 4 rings (SSSR count). The first-order valence-electron chi connectivity index (χ1n) is 8.77. The molecule has 11 heteroatoms. The number of H-pyrrole nitrogens is 1. The molecule has 0 radical (unpaired) electrons. The Kier molecular flexibility index (Phi) is 5.88. The molecule has 30 heavy (non-hydrogen) atoms. The van der Waals surface area contributed by atoms with Crippen molar-refractivity contribution < 1.29 is 9.32 Å². The Labute approximate surface area is 185 Å². The first-order chi connectivity index (χ1) is 14.5. The summed E-state index contributed by atoms with van der Waals surface area (Å²) in [7, 11) is 0. The molecule has 0 fully saturated rings. The van der Waals surface area contributed by atoms with Gasteiger partial charge in [-0.05, 0) is 36.5 Å². The second kappa shape index (κ2) is 8.74. The number of benzene rings is 1. The summed E-state index contributed by atoms with van der Waals surface area (Å²) in [5, 5.41) is 16.5. The zero-order valence-electron chi connectivity index (χ0n) is 15.5. The summed E-state index contributed by atoms with van der Waals surface area (Å²) >= 11 is 12.4. The lowest BCUT2D eigenvalue weighted by Gasteiger charge is -2.01. The van der Waals surface area contributed by atoms with Gasteiger partial charge in [-0.3, -0.25) is 19.8 Å². The van der Waals surface area contributed by atoms with Crippen LogP contribution in [0.4, 0.5) is 5.13 Å². The molecule has 0 unspecified atom stereocenters. The number of rotatable bonds is 7. The Bertz CT molecular complexity index is 1250. The van der Waals surface area contributed by atoms with E-state index in [1.807, 2.05) is 9.95 Å². The fourth-order valence-electron chi connectivity index (χ4n) is 2.70. The van der Waals surface area contributed by atoms with Gasteiger partial charge in [0.05, 0.1) is 12.1 Å². The normalized spacial score (nSPS) is 10.8. The predicted molar refractivity (Wildman–Crippen MR) is 117 cm³/mol. The van der Waals surface area contributed by atoms with Crippen molar-refractivity contribution in [1.82, 2.24) is 24.9 Å². The smallest absolute Gasteiger partial charge is 0.279 e. The van der Waals surface area contributed by atoms with Gasteiger partial charge in [-0.25, -0.2) is 4.98 Å². The highest BCUT2D eigenvalue weighted by atomic mass is 35.5. The van der Waals surface area contributed by atoms with E-state index in [0.29, 0.717) is 33.7 Å². The van der Waals surface area contributed by atoms with Crippen LogP contribution < -0.4 is 5.32 Å². The summed E-state index contributed by atoms with van der Waals surface area (Å²) in [4.78, 5) is 16.9. The highest BCUT2D eigenvalue weighted by Crippen LogP contribution is 2.23. The third kappa shape index (κ3) is 4.40. The lowest BCUT2D eigenvalue weighted by Crippen LogP contribution is -2.12. The number of halogens is 1. The molecule has 4 aromatic rings. The lowest BCUT2D eigenvalue weighted by atomic mass is 10.1. The van der Waals surface area contributed by atoms with Gasteiger partial charge in [0.25, 0.3) is 5.91 Å². The molecule has 2 N–H and O–H groups in total. The number of hydrogen-bond acceptors (Lipinski definition) is 7. The van der Waals surface area contributed by atoms with Crippen LogP contribution >= 0.6 is 35.2 Å². The van der Waals surface area contributed by atoms with Gasteiger partial charge in [0.1, 0.15) is 5.82 Å². The van der Waals surface area contributed by atoms with E-state index in [9.17, 15) is 4.79 Å². The number of nitrogens with one attached hydrogen (secondary N) is 2. The molecule has 1 aromatic carbocycles. The van der Waals surface area contributed by atoms with Gasteiger partial charge in [0, 0.05) is 28.6 Å². The molecule has 0 aliphatic rings. The summed E-state index contributed by atoms with van der Waals surface area (Å²) in [5.41, 5.74) is 1.69. The monoisotopic (exact) mass is 458 g/mol. The van der Waals surface area contributed by atoms with Gasteiger partial charge >= 0.3 is 0 Å². The highest BCUT2D eigenvalue weighted by molar-refractivity contribution is 7.71. The molecule has 0 atom stereocenters. The molecule has 1 amide bonds. The predicted octanol–water partition coefficient (Wildman–Crippen LogP) is 4.73. The number of allylic oxidation sites excluding steroid dienone is 1. The van der Waals surface area contributed by atoms with E-state index in [0.717, 1.165) is 17.1 Å². The molecular formula is C19H15ClN6O2S2. The minimum Gasteiger partial charge on any atom is -0.355 e. The number of carbonyl (C=O) groups is 1. The molecule has 0 spiro atoms. The molecule has 8 nitrogen and oxygen atoms in total. The fraction of sp³-hybridized carbons (Fsp3) is 0.105. The maximum Gasteiger partial charge on any atom is 0.279 e. The Hall–Kier alpha value is -3.08. The topological polar surface area (TPSA) is 102 Å². The van der Waals surface area contributed by atoms with Crippen LogP contribution in [0.1, 0.15) is 22.0 Å². The molecule has 0 aliphatic carbocycles. The van der Waals surface area contributed by atoms with Gasteiger partial charge in [0.15, 0.2) is 21.4 Å². The summed E-state index contributed by atoms with van der Waals surface area (Å²) in [6.45, 7) is 4.28. The van der Waals surface area contributed by atoms with Crippen molar-refractivity contribution in [3.8, 4) is 11.3 Å². The van der Waals surface area contributed by atoms with Crippen molar-refractivity contribution in [2.45, 2.75) is 13.0 Å². The van der Waals surface area contributed by atoms with Crippen LogP contribution in [0.3, 0.4) is 0 Å². The SMILES string of the molecule is C=CCn1c(Cc2csc(NC(=O)c3cc(-c4ccc(Cl)cc4)on3)n2)n[nH]c1=S. The van der Waals surface area contributed by atoms with Gasteiger partial charge < -0.3 is 4.52 Å². The molecule has 0 saturated heterocycles. The number of anilines is 1. The molecule has 0 bridgehead atoms. The van der Waals surface area contributed by atoms with Crippen molar-refractivity contribution in [1.29, 1.82) is 0 Å². The van der Waals surface area contributed by atoms with E-state index in [-0.39, 0.29) is 5.69 Å². The third-order valence-corrected chi connectivity index (χ3v) is 5.50. The summed E-state index contributed by atoms with van der Waals surface area (Å²) in [5.74, 6) is 0.808. The molecule has 3 heterocycles. The zero-order valence-corrected chi connectivity index (χ0v) is 17.9. The van der Waals surface area contributed by atoms with E-state index >= 15 is 0 Å². The highest BCUT2D eigenvalue weighted by Gasteiger charge is 2.16. The Balaban J connectivity index is 1.44. The van der Waals surface area contributed by atoms with Crippen LogP contribution in [0, 0.1) is 4.77 Å². The van der Waals surface area contributed by atoms with Crippen LogP contribution in [-0.2, 0) is 13.0 Å². The second-order valence-electron chi connectivity index (χ2n) is 6.20. The molecule has 0 aliphatic heterocycles. The van der Waals surface area contributed by atoms with E-state index in [1.165, 1.54) is 11.3 Å². The maximum atomic E-state index is 12.5. The first kappa shape index (κ1) is 20.2. The van der Waals surface area contributed by atoms with Crippen LogP contribution in [0.25, 0.3) is 11.3 Å². The number of amides is 1. The van der Waals surface area contributed by atoms with Crippen LogP contribution in [0.5, 0.6) is 0 Å². The Morgan fingerprint density at radius 1 is 1.40 bits per heavy atom. The molecular weight excluding hydrogens is 444 g/mol. The average molecular weight is 459 g/mol. The fourth-order valence-corrected chi connectivity index (χ4v) is 3.76. The summed E-state index contributed by atoms with van der Waals surface area (Å²) < 4.78 is 7.63. The van der Waals surface area contributed by atoms with E-state index in [4.69, 9.17) is 28.3 Å². The largest absolute Gasteiger partial charge is 0.355 e. The lowest BCUT2D eigenvalue weighted by molar-refractivity contribution is 0.101. The third-order valence-electron chi connectivity index (χ3n) is 4.13. The standard InChI is InChI=1S/C19H15ClN6O2S2/c1-2-7-26-16(23-24-19(26)29)8-13-10-30-18(21-13)22-17(27)14-9-15(28-25-14)11-3-5-12(20)6-4-11/h2-6,9-10H,1,7-8H2,(H,24,29)(H,21,22,27). The van der Waals surface area contributed by atoms with Crippen LogP contribution in [-0.4, -0.2) is 30.8 Å². The van der Waals surface area contributed by atoms with Gasteiger partial charge in [-0.1, -0.05) is 22.8 Å². The van der Waals surface area contributed by atoms with Crippen molar-refractivity contribution in [3.05, 3.63) is 75.4 Å². The summed E-state index contributed by atoms with van der Waals surface area (Å²) in [6, 6.07) is 8.63. The number of hydrogen-bond donors (Lipinski definition) is 2. The van der Waals surface area contributed by atoms with E-state index in [2.05, 4.69) is 32.2 Å². The Morgan fingerprint density at radius 2 is 2.20 bits per heavy atom. The number of aromatic amines is 1. The van der Waals surface area contributed by atoms with Crippen molar-refractivity contribution in [3.63, 3.8) is 0 Å². The van der Waals surface area contributed by atoms with E-state index < -0.39 is 5.91 Å². The van der Waals surface area contributed by atoms with Gasteiger partial charge in [-0.2, -0.15) is 5.10 Å². The Morgan fingerprint density at radius 3 is 2.97 bits per heavy atom. The second-order valence-corrected chi connectivity index (χ2v) is 7.88. The minimum absolute atomic E-state index is 0.156. The average Bonchev–Trinajstić information content (AvgIpc) is 3.46. The minimum atomic E-state index is -0.408. The number of aromatic nitrogens is 5. The maximum absolute atomic E-state index is 12.5. The number of thiazole rings is 1. The number of nitrogens with zero attached hydrogens (tertiary/aromatic N) is 4.